The fourth-order valence-electron chi connectivity index (χ4n) is 3.79. The lowest BCUT2D eigenvalue weighted by molar-refractivity contribution is 0.0547. The quantitative estimate of drug-likeness (QED) is 0.815. The number of likely N-dealkylation sites (tertiary alicyclic amines) is 1. The van der Waals surface area contributed by atoms with Gasteiger partial charge in [0.2, 0.25) is 0 Å². The van der Waals surface area contributed by atoms with E-state index in [1.54, 1.807) is 6.20 Å². The van der Waals surface area contributed by atoms with Gasteiger partial charge in [0, 0.05) is 18.8 Å². The molecule has 1 saturated carbocycles. The van der Waals surface area contributed by atoms with Crippen molar-refractivity contribution < 1.29 is 0 Å². The normalized spacial score (nSPS) is 27.5. The van der Waals surface area contributed by atoms with E-state index in [1.165, 1.54) is 50.6 Å². The van der Waals surface area contributed by atoms with Gasteiger partial charge < -0.3 is 0 Å². The molecule has 1 aliphatic heterocycles. The third-order valence-electron chi connectivity index (χ3n) is 4.68. The molecule has 2 fully saturated rings. The number of nitriles is 1. The minimum atomic E-state index is 0.537. The second-order valence-corrected chi connectivity index (χ2v) is 5.89. The maximum atomic E-state index is 8.93. The summed E-state index contributed by atoms with van der Waals surface area (Å²) in [6.07, 6.45) is 10.1. The first-order valence-electron chi connectivity index (χ1n) is 7.46. The average Bonchev–Trinajstić information content (AvgIpc) is 2.48. The van der Waals surface area contributed by atoms with Crippen LogP contribution in [-0.2, 0) is 6.54 Å². The van der Waals surface area contributed by atoms with Crippen LogP contribution in [0, 0.1) is 17.2 Å². The molecule has 0 amide bonds. The number of piperidine rings is 1. The van der Waals surface area contributed by atoms with Crippen molar-refractivity contribution in [1.29, 1.82) is 5.26 Å². The highest BCUT2D eigenvalue weighted by Crippen LogP contribution is 2.35. The Balaban J connectivity index is 1.72. The molecule has 2 aliphatic rings. The minimum absolute atomic E-state index is 0.537. The molecule has 100 valence electrons. The summed E-state index contributed by atoms with van der Waals surface area (Å²) >= 11 is 0. The summed E-state index contributed by atoms with van der Waals surface area (Å²) in [6.45, 7) is 2.20. The highest BCUT2D eigenvalue weighted by atomic mass is 15.2. The van der Waals surface area contributed by atoms with E-state index in [1.807, 2.05) is 12.1 Å². The number of nitrogens with zero attached hydrogens (tertiary/aromatic N) is 3. The predicted octanol–water partition coefficient (Wildman–Crippen LogP) is 3.11. The third-order valence-corrected chi connectivity index (χ3v) is 4.68. The monoisotopic (exact) mass is 255 g/mol. The van der Waals surface area contributed by atoms with Crippen LogP contribution in [0.25, 0.3) is 0 Å². The maximum Gasteiger partial charge on any atom is 0.140 e. The van der Waals surface area contributed by atoms with Gasteiger partial charge >= 0.3 is 0 Å². The average molecular weight is 255 g/mol. The zero-order valence-corrected chi connectivity index (χ0v) is 11.4. The van der Waals surface area contributed by atoms with Crippen LogP contribution in [0.2, 0.25) is 0 Å². The molecular formula is C16H21N3. The number of hydrogen-bond acceptors (Lipinski definition) is 3. The Kier molecular flexibility index (Phi) is 3.79. The van der Waals surface area contributed by atoms with Gasteiger partial charge in [-0.1, -0.05) is 12.8 Å². The summed E-state index contributed by atoms with van der Waals surface area (Å²) in [7, 11) is 0. The Morgan fingerprint density at radius 3 is 3.00 bits per heavy atom. The van der Waals surface area contributed by atoms with Crippen LogP contribution in [-0.4, -0.2) is 22.5 Å². The highest BCUT2D eigenvalue weighted by molar-refractivity contribution is 5.25. The Hall–Kier alpha value is -1.40. The summed E-state index contributed by atoms with van der Waals surface area (Å²) in [5.41, 5.74) is 1.77. The fourth-order valence-corrected chi connectivity index (χ4v) is 3.79. The lowest BCUT2D eigenvalue weighted by Crippen LogP contribution is -2.46. The summed E-state index contributed by atoms with van der Waals surface area (Å²) in [6, 6.07) is 6.90. The van der Waals surface area contributed by atoms with Crippen LogP contribution in [0.1, 0.15) is 49.8 Å². The molecule has 0 spiro atoms. The zero-order valence-electron chi connectivity index (χ0n) is 11.4. The fraction of sp³-hybridized carbons (Fsp3) is 0.625. The van der Waals surface area contributed by atoms with Gasteiger partial charge in [-0.25, -0.2) is 4.98 Å². The van der Waals surface area contributed by atoms with E-state index in [0.717, 1.165) is 18.5 Å². The van der Waals surface area contributed by atoms with Gasteiger partial charge in [0.15, 0.2) is 0 Å². The molecule has 1 aromatic rings. The third kappa shape index (κ3) is 2.79. The van der Waals surface area contributed by atoms with Gasteiger partial charge in [-0.3, -0.25) is 4.90 Å². The van der Waals surface area contributed by atoms with Crippen molar-refractivity contribution in [3.63, 3.8) is 0 Å². The molecule has 19 heavy (non-hydrogen) atoms. The molecule has 3 nitrogen and oxygen atoms in total. The molecule has 1 saturated heterocycles. The molecular weight excluding hydrogens is 234 g/mol. The lowest BCUT2D eigenvalue weighted by Gasteiger charge is -2.44. The van der Waals surface area contributed by atoms with Crippen LogP contribution in [0.5, 0.6) is 0 Å². The SMILES string of the molecule is N#Cc1cc(CN2CCCC3CCCCC32)ccn1. The van der Waals surface area contributed by atoms with Crippen molar-refractivity contribution in [2.45, 2.75) is 51.1 Å². The van der Waals surface area contributed by atoms with Crippen molar-refractivity contribution in [3.05, 3.63) is 29.6 Å². The van der Waals surface area contributed by atoms with E-state index in [4.69, 9.17) is 5.26 Å². The molecule has 0 N–H and O–H groups in total. The lowest BCUT2D eigenvalue weighted by atomic mass is 9.78. The van der Waals surface area contributed by atoms with E-state index in [9.17, 15) is 0 Å². The predicted molar refractivity (Wildman–Crippen MR) is 74.3 cm³/mol. The van der Waals surface area contributed by atoms with E-state index in [0.29, 0.717) is 5.69 Å². The van der Waals surface area contributed by atoms with Crippen molar-refractivity contribution in [2.75, 3.05) is 6.54 Å². The Labute approximate surface area is 115 Å². The summed E-state index contributed by atoms with van der Waals surface area (Å²) in [5, 5.41) is 8.93. The molecule has 2 heterocycles. The van der Waals surface area contributed by atoms with Crippen LogP contribution in [0.4, 0.5) is 0 Å². The van der Waals surface area contributed by atoms with E-state index >= 15 is 0 Å². The van der Waals surface area contributed by atoms with Crippen molar-refractivity contribution in [2.24, 2.45) is 5.92 Å². The largest absolute Gasteiger partial charge is 0.296 e. The van der Waals surface area contributed by atoms with Gasteiger partial charge in [-0.05, 0) is 55.8 Å². The van der Waals surface area contributed by atoms with Gasteiger partial charge in [-0.15, -0.1) is 0 Å². The first kappa shape index (κ1) is 12.6. The topological polar surface area (TPSA) is 39.9 Å². The summed E-state index contributed by atoms with van der Waals surface area (Å²) in [5.74, 6) is 0.916. The molecule has 2 atom stereocenters. The molecule has 0 radical (unpaired) electrons. The Morgan fingerprint density at radius 1 is 1.26 bits per heavy atom. The van der Waals surface area contributed by atoms with Gasteiger partial charge in [0.1, 0.15) is 11.8 Å². The molecule has 3 heteroatoms. The molecule has 0 aromatic carbocycles. The first-order chi connectivity index (χ1) is 9.36. The molecule has 3 rings (SSSR count). The molecule has 1 aromatic heterocycles. The summed E-state index contributed by atoms with van der Waals surface area (Å²) in [4.78, 5) is 6.70. The van der Waals surface area contributed by atoms with Gasteiger partial charge in [0.05, 0.1) is 0 Å². The number of rotatable bonds is 2. The first-order valence-corrected chi connectivity index (χ1v) is 7.46. The van der Waals surface area contributed by atoms with E-state index < -0.39 is 0 Å². The van der Waals surface area contributed by atoms with Gasteiger partial charge in [0.25, 0.3) is 0 Å². The van der Waals surface area contributed by atoms with Crippen molar-refractivity contribution in [3.8, 4) is 6.07 Å². The smallest absolute Gasteiger partial charge is 0.140 e. The molecule has 0 bridgehead atoms. The summed E-state index contributed by atoms with van der Waals surface area (Å²) < 4.78 is 0. The number of pyridine rings is 1. The minimum Gasteiger partial charge on any atom is -0.296 e. The molecule has 2 unspecified atom stereocenters. The second kappa shape index (κ2) is 5.71. The Morgan fingerprint density at radius 2 is 2.11 bits per heavy atom. The van der Waals surface area contributed by atoms with Crippen molar-refractivity contribution in [1.82, 2.24) is 9.88 Å². The second-order valence-electron chi connectivity index (χ2n) is 5.89. The number of aromatic nitrogens is 1. The van der Waals surface area contributed by atoms with E-state index in [-0.39, 0.29) is 0 Å². The van der Waals surface area contributed by atoms with Crippen LogP contribution < -0.4 is 0 Å². The number of fused-ring (bicyclic) bond motifs is 1. The van der Waals surface area contributed by atoms with Gasteiger partial charge in [-0.2, -0.15) is 5.26 Å². The standard InChI is InChI=1S/C16H21N3/c17-11-15-10-13(7-8-18-15)12-19-9-3-5-14-4-1-2-6-16(14)19/h7-8,10,14,16H,1-6,9,12H2. The zero-order chi connectivity index (χ0) is 13.1. The maximum absolute atomic E-state index is 8.93. The van der Waals surface area contributed by atoms with E-state index in [2.05, 4.69) is 16.0 Å². The number of hydrogen-bond donors (Lipinski definition) is 0. The van der Waals surface area contributed by atoms with Crippen LogP contribution >= 0.6 is 0 Å². The molecule has 1 aliphatic carbocycles. The Bertz CT molecular complexity index is 475. The van der Waals surface area contributed by atoms with Crippen LogP contribution in [0.3, 0.4) is 0 Å². The van der Waals surface area contributed by atoms with Crippen LogP contribution in [0.15, 0.2) is 18.3 Å². The highest BCUT2D eigenvalue weighted by Gasteiger charge is 2.32. The van der Waals surface area contributed by atoms with Crippen molar-refractivity contribution >= 4 is 0 Å².